The molecule has 0 amide bonds. The SMILES string of the molecule is Cl[C+](Cl)C1=[C-]CCCCCC1. The molecule has 0 radical (unpaired) electrons. The van der Waals surface area contributed by atoms with Crippen LogP contribution in [0, 0.1) is 10.9 Å². The van der Waals surface area contributed by atoms with Gasteiger partial charge in [-0.05, 0) is 37.3 Å². The lowest BCUT2D eigenvalue weighted by Gasteiger charge is -2.10. The third-order valence-corrected chi connectivity index (χ3v) is 2.38. The Kier molecular flexibility index (Phi) is 4.17. The third kappa shape index (κ3) is 3.39. The van der Waals surface area contributed by atoms with Crippen LogP contribution in [0.2, 0.25) is 0 Å². The second kappa shape index (κ2) is 4.95. The van der Waals surface area contributed by atoms with Crippen molar-refractivity contribution in [3.05, 3.63) is 16.5 Å². The average Bonchev–Trinajstić information content (AvgIpc) is 1.84. The van der Waals surface area contributed by atoms with Gasteiger partial charge in [-0.3, -0.25) is 0 Å². The van der Waals surface area contributed by atoms with Crippen LogP contribution in [0.5, 0.6) is 0 Å². The molecule has 1 aliphatic carbocycles. The highest BCUT2D eigenvalue weighted by atomic mass is 35.5. The molecule has 0 aromatic carbocycles. The monoisotopic (exact) mass is 190 g/mol. The van der Waals surface area contributed by atoms with E-state index in [1.54, 1.807) is 0 Å². The molecule has 1 aliphatic rings. The summed E-state index contributed by atoms with van der Waals surface area (Å²) in [6.07, 6.45) is 10.3. The highest BCUT2D eigenvalue weighted by Crippen LogP contribution is 2.29. The Morgan fingerprint density at radius 3 is 2.55 bits per heavy atom. The van der Waals surface area contributed by atoms with Crippen LogP contribution in [0.3, 0.4) is 0 Å². The van der Waals surface area contributed by atoms with E-state index in [0.717, 1.165) is 18.4 Å². The lowest BCUT2D eigenvalue weighted by molar-refractivity contribution is 0.621. The molecule has 2 heteroatoms. The van der Waals surface area contributed by atoms with E-state index in [9.17, 15) is 0 Å². The van der Waals surface area contributed by atoms with E-state index in [2.05, 4.69) is 6.08 Å². The summed E-state index contributed by atoms with van der Waals surface area (Å²) in [5.74, 6) is 0. The minimum absolute atomic E-state index is 0.409. The van der Waals surface area contributed by atoms with Crippen molar-refractivity contribution in [3.8, 4) is 0 Å². The molecule has 0 unspecified atom stereocenters. The van der Waals surface area contributed by atoms with Crippen LogP contribution >= 0.6 is 23.2 Å². The van der Waals surface area contributed by atoms with Crippen molar-refractivity contribution in [1.82, 2.24) is 0 Å². The normalized spacial score (nSPS) is 20.0. The van der Waals surface area contributed by atoms with E-state index in [0.29, 0.717) is 4.84 Å². The molecular weight excluding hydrogens is 179 g/mol. The van der Waals surface area contributed by atoms with Gasteiger partial charge in [-0.2, -0.15) is 0 Å². The summed E-state index contributed by atoms with van der Waals surface area (Å²) in [4.78, 5) is 0.409. The number of halogens is 2. The van der Waals surface area contributed by atoms with Crippen molar-refractivity contribution in [1.29, 1.82) is 0 Å². The van der Waals surface area contributed by atoms with Crippen molar-refractivity contribution in [2.24, 2.45) is 0 Å². The summed E-state index contributed by atoms with van der Waals surface area (Å²) in [6.45, 7) is 0. The highest BCUT2D eigenvalue weighted by molar-refractivity contribution is 6.54. The quantitative estimate of drug-likeness (QED) is 0.548. The van der Waals surface area contributed by atoms with E-state index in [1.807, 2.05) is 0 Å². The Balaban J connectivity index is 2.45. The molecule has 62 valence electrons. The Hall–Kier alpha value is 0.190. The molecule has 0 aromatic rings. The fourth-order valence-corrected chi connectivity index (χ4v) is 1.59. The second-order valence-corrected chi connectivity index (χ2v) is 3.78. The molecule has 0 nitrogen and oxygen atoms in total. The lowest BCUT2D eigenvalue weighted by atomic mass is 10.0. The van der Waals surface area contributed by atoms with Crippen molar-refractivity contribution in [2.75, 3.05) is 0 Å². The van der Waals surface area contributed by atoms with Crippen LogP contribution < -0.4 is 0 Å². The van der Waals surface area contributed by atoms with Gasteiger partial charge < -0.3 is 0 Å². The lowest BCUT2D eigenvalue weighted by Crippen LogP contribution is -1.92. The predicted octanol–water partition coefficient (Wildman–Crippen LogP) is 4.04. The van der Waals surface area contributed by atoms with Crippen molar-refractivity contribution >= 4 is 23.2 Å². The number of allylic oxidation sites excluding steroid dienone is 2. The minimum Gasteiger partial charge on any atom is -0.0706 e. The topological polar surface area (TPSA) is 0 Å². The summed E-state index contributed by atoms with van der Waals surface area (Å²) in [5.41, 5.74) is 1.02. The van der Waals surface area contributed by atoms with Crippen LogP contribution in [-0.2, 0) is 0 Å². The maximum Gasteiger partial charge on any atom is 0.110 e. The van der Waals surface area contributed by atoms with Gasteiger partial charge >= 0.3 is 0 Å². The van der Waals surface area contributed by atoms with Gasteiger partial charge in [0.1, 0.15) is 4.84 Å². The molecule has 0 saturated carbocycles. The number of hydrogen-bond donors (Lipinski definition) is 0. The first-order valence-electron chi connectivity index (χ1n) is 4.09. The maximum atomic E-state index is 5.66. The van der Waals surface area contributed by atoms with Gasteiger partial charge in [-0.1, -0.05) is 36.0 Å². The Labute approximate surface area is 78.6 Å². The summed E-state index contributed by atoms with van der Waals surface area (Å²) >= 11 is 11.3. The fraction of sp³-hybridized carbons (Fsp3) is 0.667. The number of rotatable bonds is 1. The van der Waals surface area contributed by atoms with Gasteiger partial charge in [-0.15, -0.1) is 0 Å². The Morgan fingerprint density at radius 1 is 1.09 bits per heavy atom. The summed E-state index contributed by atoms with van der Waals surface area (Å²) in [6, 6.07) is 0. The zero-order valence-corrected chi connectivity index (χ0v) is 8.01. The standard InChI is InChI=1S/C9H12Cl2/c10-9(11)8-6-4-2-1-3-5-7-8/h1-6H2. The van der Waals surface area contributed by atoms with Gasteiger partial charge in [0.2, 0.25) is 0 Å². The Morgan fingerprint density at radius 2 is 1.82 bits per heavy atom. The third-order valence-electron chi connectivity index (χ3n) is 1.92. The van der Waals surface area contributed by atoms with Gasteiger partial charge in [0.15, 0.2) is 0 Å². The van der Waals surface area contributed by atoms with E-state index in [-0.39, 0.29) is 0 Å². The summed E-state index contributed by atoms with van der Waals surface area (Å²) < 4.78 is 0. The molecule has 0 aliphatic heterocycles. The molecule has 0 fully saturated rings. The molecule has 0 N–H and O–H groups in total. The molecule has 0 spiro atoms. The molecule has 1 rings (SSSR count). The molecular formula is C9H12Cl2. The first-order chi connectivity index (χ1) is 5.30. The van der Waals surface area contributed by atoms with Crippen LogP contribution in [0.1, 0.15) is 38.5 Å². The second-order valence-electron chi connectivity index (χ2n) is 2.83. The zero-order chi connectivity index (χ0) is 8.10. The molecule has 0 aromatic heterocycles. The van der Waals surface area contributed by atoms with Gasteiger partial charge in [0.25, 0.3) is 0 Å². The summed E-state index contributed by atoms with van der Waals surface area (Å²) in [5, 5.41) is 0. The van der Waals surface area contributed by atoms with Crippen molar-refractivity contribution < 1.29 is 0 Å². The molecule has 0 heterocycles. The average molecular weight is 191 g/mol. The first kappa shape index (κ1) is 9.28. The minimum atomic E-state index is 0.409. The Bertz CT molecular complexity index is 138. The molecule has 0 bridgehead atoms. The van der Waals surface area contributed by atoms with Gasteiger partial charge in [0.05, 0.1) is 0 Å². The van der Waals surface area contributed by atoms with E-state index in [1.165, 1.54) is 25.7 Å². The first-order valence-corrected chi connectivity index (χ1v) is 4.84. The molecule has 11 heavy (non-hydrogen) atoms. The van der Waals surface area contributed by atoms with E-state index in [4.69, 9.17) is 23.2 Å². The predicted molar refractivity (Wildman–Crippen MR) is 49.4 cm³/mol. The van der Waals surface area contributed by atoms with E-state index >= 15 is 0 Å². The van der Waals surface area contributed by atoms with Crippen molar-refractivity contribution in [3.63, 3.8) is 0 Å². The maximum absolute atomic E-state index is 5.66. The number of hydrogen-bond acceptors (Lipinski definition) is 0. The zero-order valence-electron chi connectivity index (χ0n) is 6.50. The van der Waals surface area contributed by atoms with Crippen LogP contribution in [-0.4, -0.2) is 0 Å². The fourth-order valence-electron chi connectivity index (χ4n) is 1.27. The van der Waals surface area contributed by atoms with Gasteiger partial charge in [-0.25, -0.2) is 0 Å². The van der Waals surface area contributed by atoms with Crippen molar-refractivity contribution in [2.45, 2.75) is 38.5 Å². The summed E-state index contributed by atoms with van der Waals surface area (Å²) in [7, 11) is 0. The molecule has 0 saturated heterocycles. The van der Waals surface area contributed by atoms with E-state index < -0.39 is 0 Å². The van der Waals surface area contributed by atoms with Crippen LogP contribution in [0.15, 0.2) is 5.57 Å². The largest absolute Gasteiger partial charge is 0.110 e. The smallest absolute Gasteiger partial charge is 0.0706 e. The van der Waals surface area contributed by atoms with Crippen LogP contribution in [0.4, 0.5) is 0 Å². The highest BCUT2D eigenvalue weighted by Gasteiger charge is 2.08. The molecule has 0 atom stereocenters. The van der Waals surface area contributed by atoms with Gasteiger partial charge in [0, 0.05) is 0 Å². The van der Waals surface area contributed by atoms with Crippen LogP contribution in [0.25, 0.3) is 0 Å².